The highest BCUT2D eigenvalue weighted by atomic mass is 16.5. The Kier molecular flexibility index (Phi) is 3.37. The number of fused-ring (bicyclic) bond motifs is 1. The molecule has 102 valence electrons. The Morgan fingerprint density at radius 2 is 2.00 bits per heavy atom. The van der Waals surface area contributed by atoms with Crippen LogP contribution < -0.4 is 16.0 Å². The summed E-state index contributed by atoms with van der Waals surface area (Å²) in [6.45, 7) is 5.82. The fourth-order valence-corrected chi connectivity index (χ4v) is 2.26. The predicted molar refractivity (Wildman–Crippen MR) is 77.8 cm³/mol. The zero-order valence-corrected chi connectivity index (χ0v) is 11.8. The van der Waals surface area contributed by atoms with Crippen molar-refractivity contribution >= 4 is 10.9 Å². The van der Waals surface area contributed by atoms with E-state index in [2.05, 4.69) is 4.98 Å². The lowest BCUT2D eigenvalue weighted by Crippen LogP contribution is -2.36. The van der Waals surface area contributed by atoms with Gasteiger partial charge in [-0.1, -0.05) is 0 Å². The SMILES string of the molecule is COc1cc(C)cc2cc(CC(C)(C)N)c(=O)[nH]c12. The number of rotatable bonds is 3. The summed E-state index contributed by atoms with van der Waals surface area (Å²) in [6, 6.07) is 5.84. The van der Waals surface area contributed by atoms with Gasteiger partial charge < -0.3 is 15.5 Å². The molecule has 4 nitrogen and oxygen atoms in total. The molecule has 4 heteroatoms. The average molecular weight is 260 g/mol. The molecular formula is C15H20N2O2. The molecule has 1 aromatic heterocycles. The largest absolute Gasteiger partial charge is 0.495 e. The molecule has 0 atom stereocenters. The van der Waals surface area contributed by atoms with E-state index in [9.17, 15) is 4.79 Å². The average Bonchev–Trinajstić information content (AvgIpc) is 2.28. The lowest BCUT2D eigenvalue weighted by Gasteiger charge is -2.18. The summed E-state index contributed by atoms with van der Waals surface area (Å²) in [5.74, 6) is 0.686. The number of benzene rings is 1. The van der Waals surface area contributed by atoms with Crippen LogP contribution in [-0.2, 0) is 6.42 Å². The quantitative estimate of drug-likeness (QED) is 0.888. The second kappa shape index (κ2) is 4.70. The smallest absolute Gasteiger partial charge is 0.251 e. The summed E-state index contributed by atoms with van der Waals surface area (Å²) < 4.78 is 5.31. The van der Waals surface area contributed by atoms with Crippen molar-refractivity contribution < 1.29 is 4.74 Å². The molecule has 2 rings (SSSR count). The van der Waals surface area contributed by atoms with Gasteiger partial charge in [-0.15, -0.1) is 0 Å². The third-order valence-electron chi connectivity index (χ3n) is 3.00. The Morgan fingerprint density at radius 1 is 1.32 bits per heavy atom. The van der Waals surface area contributed by atoms with E-state index >= 15 is 0 Å². The maximum atomic E-state index is 12.1. The Hall–Kier alpha value is -1.81. The number of aromatic nitrogens is 1. The van der Waals surface area contributed by atoms with Gasteiger partial charge in [0.2, 0.25) is 0 Å². The molecule has 3 N–H and O–H groups in total. The van der Waals surface area contributed by atoms with Crippen molar-refractivity contribution in [2.45, 2.75) is 32.7 Å². The van der Waals surface area contributed by atoms with Gasteiger partial charge in [0.1, 0.15) is 5.75 Å². The molecule has 0 amide bonds. The van der Waals surface area contributed by atoms with Crippen LogP contribution >= 0.6 is 0 Å². The summed E-state index contributed by atoms with van der Waals surface area (Å²) in [5, 5.41) is 0.968. The molecule has 1 heterocycles. The van der Waals surface area contributed by atoms with Crippen LogP contribution in [0.3, 0.4) is 0 Å². The van der Waals surface area contributed by atoms with E-state index < -0.39 is 5.54 Å². The molecule has 0 saturated heterocycles. The van der Waals surface area contributed by atoms with Crippen LogP contribution in [0.4, 0.5) is 0 Å². The lowest BCUT2D eigenvalue weighted by atomic mass is 9.96. The van der Waals surface area contributed by atoms with E-state index in [-0.39, 0.29) is 5.56 Å². The summed E-state index contributed by atoms with van der Waals surface area (Å²) in [5.41, 5.74) is 8.00. The molecule has 1 aromatic carbocycles. The highest BCUT2D eigenvalue weighted by molar-refractivity contribution is 5.85. The zero-order chi connectivity index (χ0) is 14.2. The first-order valence-corrected chi connectivity index (χ1v) is 6.29. The molecule has 0 spiro atoms. The first kappa shape index (κ1) is 13.6. The van der Waals surface area contributed by atoms with E-state index in [4.69, 9.17) is 10.5 Å². The molecule has 0 unspecified atom stereocenters. The molecule has 0 bridgehead atoms. The number of nitrogens with one attached hydrogen (secondary N) is 1. The van der Waals surface area contributed by atoms with Gasteiger partial charge in [-0.25, -0.2) is 0 Å². The van der Waals surface area contributed by atoms with Crippen molar-refractivity contribution in [3.63, 3.8) is 0 Å². The van der Waals surface area contributed by atoms with Crippen LogP contribution in [0.1, 0.15) is 25.0 Å². The van der Waals surface area contributed by atoms with Gasteiger partial charge in [0, 0.05) is 16.5 Å². The Labute approximate surface area is 112 Å². The standard InChI is InChI=1S/C15H20N2O2/c1-9-5-10-7-11(8-15(2,3)16)14(18)17-13(10)12(6-9)19-4/h5-7H,8,16H2,1-4H3,(H,17,18). The van der Waals surface area contributed by atoms with Crippen molar-refractivity contribution in [2.75, 3.05) is 7.11 Å². The van der Waals surface area contributed by atoms with Crippen LogP contribution in [0, 0.1) is 6.92 Å². The van der Waals surface area contributed by atoms with Crippen LogP contribution in [0.2, 0.25) is 0 Å². The maximum absolute atomic E-state index is 12.1. The van der Waals surface area contributed by atoms with Crippen LogP contribution in [-0.4, -0.2) is 17.6 Å². The van der Waals surface area contributed by atoms with Crippen molar-refractivity contribution in [1.29, 1.82) is 0 Å². The van der Waals surface area contributed by atoms with Crippen molar-refractivity contribution in [3.8, 4) is 5.75 Å². The zero-order valence-electron chi connectivity index (χ0n) is 11.8. The molecule has 0 aliphatic heterocycles. The number of hydrogen-bond acceptors (Lipinski definition) is 3. The molecular weight excluding hydrogens is 240 g/mol. The van der Waals surface area contributed by atoms with Crippen molar-refractivity contribution in [3.05, 3.63) is 39.7 Å². The van der Waals surface area contributed by atoms with Gasteiger partial charge in [0.25, 0.3) is 5.56 Å². The topological polar surface area (TPSA) is 68.1 Å². The van der Waals surface area contributed by atoms with Crippen LogP contribution in [0.25, 0.3) is 10.9 Å². The van der Waals surface area contributed by atoms with Gasteiger partial charge in [-0.2, -0.15) is 0 Å². The minimum atomic E-state index is -0.408. The lowest BCUT2D eigenvalue weighted by molar-refractivity contribution is 0.418. The molecule has 0 aliphatic carbocycles. The molecule has 2 aromatic rings. The fourth-order valence-electron chi connectivity index (χ4n) is 2.26. The minimum absolute atomic E-state index is 0.104. The Balaban J connectivity index is 2.66. The third-order valence-corrected chi connectivity index (χ3v) is 3.00. The number of hydrogen-bond donors (Lipinski definition) is 2. The van der Waals surface area contributed by atoms with E-state index in [1.807, 2.05) is 39.0 Å². The normalized spacial score (nSPS) is 11.8. The van der Waals surface area contributed by atoms with Crippen molar-refractivity contribution in [1.82, 2.24) is 4.98 Å². The van der Waals surface area contributed by atoms with Gasteiger partial charge in [0.05, 0.1) is 12.6 Å². The number of aryl methyl sites for hydroxylation is 1. The Morgan fingerprint density at radius 3 is 2.58 bits per heavy atom. The van der Waals surface area contributed by atoms with Gasteiger partial charge >= 0.3 is 0 Å². The number of pyridine rings is 1. The molecule has 0 radical (unpaired) electrons. The summed E-state index contributed by atoms with van der Waals surface area (Å²) in [4.78, 5) is 15.0. The van der Waals surface area contributed by atoms with E-state index in [1.165, 1.54) is 0 Å². The van der Waals surface area contributed by atoms with E-state index in [0.29, 0.717) is 17.7 Å². The molecule has 0 fully saturated rings. The van der Waals surface area contributed by atoms with E-state index in [1.54, 1.807) is 7.11 Å². The number of H-pyrrole nitrogens is 1. The monoisotopic (exact) mass is 260 g/mol. The molecule has 19 heavy (non-hydrogen) atoms. The van der Waals surface area contributed by atoms with Gasteiger partial charge in [-0.05, 0) is 51.0 Å². The maximum Gasteiger partial charge on any atom is 0.251 e. The predicted octanol–water partition coefficient (Wildman–Crippen LogP) is 2.12. The van der Waals surface area contributed by atoms with Gasteiger partial charge in [0.15, 0.2) is 0 Å². The summed E-state index contributed by atoms with van der Waals surface area (Å²) in [6.07, 6.45) is 0.536. The fraction of sp³-hybridized carbons (Fsp3) is 0.400. The van der Waals surface area contributed by atoms with Crippen molar-refractivity contribution in [2.24, 2.45) is 5.73 Å². The second-order valence-corrected chi connectivity index (χ2v) is 5.72. The number of ether oxygens (including phenoxy) is 1. The first-order chi connectivity index (χ1) is 8.80. The van der Waals surface area contributed by atoms with E-state index in [0.717, 1.165) is 16.5 Å². The summed E-state index contributed by atoms with van der Waals surface area (Å²) >= 11 is 0. The number of nitrogens with two attached hydrogens (primary N) is 1. The van der Waals surface area contributed by atoms with Crippen LogP contribution in [0.5, 0.6) is 5.75 Å². The number of aromatic amines is 1. The van der Waals surface area contributed by atoms with Crippen LogP contribution in [0.15, 0.2) is 23.0 Å². The molecule has 0 aliphatic rings. The summed E-state index contributed by atoms with van der Waals surface area (Å²) in [7, 11) is 1.60. The van der Waals surface area contributed by atoms with Gasteiger partial charge in [-0.3, -0.25) is 4.79 Å². The molecule has 0 saturated carbocycles. The minimum Gasteiger partial charge on any atom is -0.495 e. The second-order valence-electron chi connectivity index (χ2n) is 5.72. The number of methoxy groups -OCH3 is 1. The third kappa shape index (κ3) is 2.96. The Bertz CT molecular complexity index is 666. The highest BCUT2D eigenvalue weighted by Gasteiger charge is 2.15. The first-order valence-electron chi connectivity index (χ1n) is 6.29. The highest BCUT2D eigenvalue weighted by Crippen LogP contribution is 2.25.